The zero-order chi connectivity index (χ0) is 22.2. The van der Waals surface area contributed by atoms with Crippen LogP contribution in [-0.2, 0) is 16.6 Å². The number of benzene rings is 1. The van der Waals surface area contributed by atoms with Crippen LogP contribution in [0.15, 0.2) is 34.2 Å². The molecule has 2 fully saturated rings. The minimum absolute atomic E-state index is 0.0145. The molecule has 0 unspecified atom stereocenters. The maximum Gasteiger partial charge on any atom is 0.243 e. The predicted octanol–water partition coefficient (Wildman–Crippen LogP) is 2.21. The van der Waals surface area contributed by atoms with Crippen LogP contribution in [0.1, 0.15) is 40.2 Å². The predicted molar refractivity (Wildman–Crippen MR) is 122 cm³/mol. The van der Waals surface area contributed by atoms with Crippen molar-refractivity contribution in [2.75, 3.05) is 46.3 Å². The van der Waals surface area contributed by atoms with Crippen LogP contribution in [0.2, 0.25) is 0 Å². The van der Waals surface area contributed by atoms with Gasteiger partial charge in [0.2, 0.25) is 10.0 Å². The van der Waals surface area contributed by atoms with Gasteiger partial charge in [0.25, 0.3) is 0 Å². The Hall–Kier alpha value is -1.64. The van der Waals surface area contributed by atoms with Crippen LogP contribution in [0.25, 0.3) is 0 Å². The fraction of sp³-hybridized carbons (Fsp3) is 0.682. The van der Waals surface area contributed by atoms with Gasteiger partial charge in [-0.25, -0.2) is 13.4 Å². The quantitative estimate of drug-likeness (QED) is 0.567. The first-order valence-corrected chi connectivity index (χ1v) is 12.3. The molecule has 2 saturated heterocycles. The Bertz CT molecular complexity index is 887. The van der Waals surface area contributed by atoms with Crippen LogP contribution < -0.4 is 5.32 Å². The molecule has 0 atom stereocenters. The molecule has 2 aliphatic heterocycles. The largest absolute Gasteiger partial charge is 0.356 e. The van der Waals surface area contributed by atoms with Crippen LogP contribution in [0.5, 0.6) is 0 Å². The molecule has 0 bridgehead atoms. The zero-order valence-corrected chi connectivity index (χ0v) is 20.1. The maximum absolute atomic E-state index is 13.3. The van der Waals surface area contributed by atoms with E-state index >= 15 is 0 Å². The molecule has 168 valence electrons. The number of likely N-dealkylation sites (N-methyl/N-ethyl adjacent to an activating group) is 1. The van der Waals surface area contributed by atoms with Crippen LogP contribution >= 0.6 is 0 Å². The van der Waals surface area contributed by atoms with Crippen molar-refractivity contribution < 1.29 is 8.42 Å². The molecule has 1 aromatic carbocycles. The summed E-state index contributed by atoms with van der Waals surface area (Å²) in [5.41, 5.74) is 0.926. The van der Waals surface area contributed by atoms with Crippen LogP contribution in [0.3, 0.4) is 0 Å². The summed E-state index contributed by atoms with van der Waals surface area (Å²) < 4.78 is 28.2. The van der Waals surface area contributed by atoms with Gasteiger partial charge in [0.05, 0.1) is 11.4 Å². The van der Waals surface area contributed by atoms with Crippen molar-refractivity contribution in [3.8, 4) is 0 Å². The molecule has 0 aromatic heterocycles. The lowest BCUT2D eigenvalue weighted by Gasteiger charge is -2.62. The highest BCUT2D eigenvalue weighted by Crippen LogP contribution is 2.46. The number of nitrogens with zero attached hydrogens (tertiary/aromatic N) is 4. The number of likely N-dealkylation sites (tertiary alicyclic amines) is 1. The van der Waals surface area contributed by atoms with Crippen LogP contribution in [-0.4, -0.2) is 80.3 Å². The summed E-state index contributed by atoms with van der Waals surface area (Å²) in [6.07, 6.45) is 0. The van der Waals surface area contributed by atoms with Crippen molar-refractivity contribution in [3.63, 3.8) is 0 Å². The minimum atomic E-state index is -3.53. The van der Waals surface area contributed by atoms with Gasteiger partial charge in [-0.3, -0.25) is 0 Å². The molecular weight excluding hydrogens is 398 g/mol. The molecule has 0 aliphatic carbocycles. The van der Waals surface area contributed by atoms with Crippen LogP contribution in [0, 0.1) is 5.41 Å². The molecule has 30 heavy (non-hydrogen) atoms. The number of nitrogens with one attached hydrogen (secondary N) is 1. The van der Waals surface area contributed by atoms with Gasteiger partial charge in [0.15, 0.2) is 5.96 Å². The van der Waals surface area contributed by atoms with Gasteiger partial charge in [-0.1, -0.05) is 32.0 Å². The molecule has 3 rings (SSSR count). The lowest BCUT2D eigenvalue weighted by molar-refractivity contribution is -0.0667. The van der Waals surface area contributed by atoms with E-state index in [0.717, 1.165) is 37.7 Å². The molecular formula is C22H37N5O2S. The molecule has 2 aliphatic rings. The van der Waals surface area contributed by atoms with Crippen molar-refractivity contribution in [2.24, 2.45) is 10.4 Å². The van der Waals surface area contributed by atoms with Gasteiger partial charge < -0.3 is 15.1 Å². The second-order valence-electron chi connectivity index (χ2n) is 9.51. The van der Waals surface area contributed by atoms with Crippen molar-refractivity contribution in [3.05, 3.63) is 29.8 Å². The van der Waals surface area contributed by atoms with Gasteiger partial charge in [-0.05, 0) is 39.4 Å². The van der Waals surface area contributed by atoms with E-state index in [4.69, 9.17) is 4.99 Å². The Balaban J connectivity index is 1.85. The Morgan fingerprint density at radius 2 is 1.73 bits per heavy atom. The monoisotopic (exact) mass is 435 g/mol. The SMILES string of the molecule is CCNC(=NCc1ccccc1S(=O)(=O)N1CCN(C)CC1)N1CC(C)(C)C1(C)C. The maximum atomic E-state index is 13.3. The molecule has 7 nitrogen and oxygen atoms in total. The third-order valence-corrected chi connectivity index (χ3v) is 8.93. The topological polar surface area (TPSA) is 68.2 Å². The number of guanidine groups is 1. The molecule has 0 spiro atoms. The van der Waals surface area contributed by atoms with E-state index < -0.39 is 10.0 Å². The Labute approximate surface area is 182 Å². The number of sulfonamides is 1. The lowest BCUT2D eigenvalue weighted by atomic mass is 9.65. The van der Waals surface area contributed by atoms with E-state index in [0.29, 0.717) is 24.5 Å². The molecule has 1 N–H and O–H groups in total. The summed E-state index contributed by atoms with van der Waals surface area (Å²) in [7, 11) is -1.50. The summed E-state index contributed by atoms with van der Waals surface area (Å²) in [6, 6.07) is 7.27. The Morgan fingerprint density at radius 1 is 1.10 bits per heavy atom. The molecule has 0 saturated carbocycles. The summed E-state index contributed by atoms with van der Waals surface area (Å²) in [5.74, 6) is 0.841. The van der Waals surface area contributed by atoms with Crippen molar-refractivity contribution >= 4 is 16.0 Å². The highest BCUT2D eigenvalue weighted by molar-refractivity contribution is 7.89. The number of rotatable bonds is 5. The van der Waals surface area contributed by atoms with E-state index in [2.05, 4.69) is 49.7 Å². The van der Waals surface area contributed by atoms with E-state index in [1.165, 1.54) is 0 Å². The average molecular weight is 436 g/mol. The first kappa shape index (κ1) is 23.0. The van der Waals surface area contributed by atoms with Gasteiger partial charge in [-0.2, -0.15) is 4.31 Å². The standard InChI is InChI=1S/C22H37N5O2S/c1-7-23-20(27-17-21(2,3)22(27,4)5)24-16-18-10-8-9-11-19(18)30(28,29)26-14-12-25(6)13-15-26/h8-11H,7,12-17H2,1-6H3,(H,23,24). The molecule has 2 heterocycles. The second-order valence-corrected chi connectivity index (χ2v) is 11.4. The first-order chi connectivity index (χ1) is 14.0. The fourth-order valence-electron chi connectivity index (χ4n) is 4.01. The Kier molecular flexibility index (Phi) is 6.51. The summed E-state index contributed by atoms with van der Waals surface area (Å²) in [5, 5.41) is 3.39. The van der Waals surface area contributed by atoms with E-state index in [1.807, 2.05) is 19.2 Å². The van der Waals surface area contributed by atoms with E-state index in [-0.39, 0.29) is 11.0 Å². The summed E-state index contributed by atoms with van der Waals surface area (Å²) in [6.45, 7) is 15.6. The van der Waals surface area contributed by atoms with Crippen molar-refractivity contribution in [1.29, 1.82) is 0 Å². The Morgan fingerprint density at radius 3 is 2.30 bits per heavy atom. The minimum Gasteiger partial charge on any atom is -0.356 e. The lowest BCUT2D eigenvalue weighted by Crippen LogP contribution is -2.72. The third-order valence-electron chi connectivity index (χ3n) is 6.93. The van der Waals surface area contributed by atoms with Crippen molar-refractivity contribution in [2.45, 2.75) is 51.6 Å². The number of hydrogen-bond acceptors (Lipinski definition) is 4. The molecule has 8 heteroatoms. The smallest absolute Gasteiger partial charge is 0.243 e. The average Bonchev–Trinajstić information content (AvgIpc) is 2.70. The number of hydrogen-bond donors (Lipinski definition) is 1. The molecule has 0 amide bonds. The first-order valence-electron chi connectivity index (χ1n) is 10.8. The fourth-order valence-corrected chi connectivity index (χ4v) is 5.65. The van der Waals surface area contributed by atoms with Gasteiger partial charge in [-0.15, -0.1) is 0 Å². The van der Waals surface area contributed by atoms with E-state index in [1.54, 1.807) is 16.4 Å². The number of piperazine rings is 1. The highest BCUT2D eigenvalue weighted by Gasteiger charge is 2.53. The second kappa shape index (κ2) is 8.48. The summed E-state index contributed by atoms with van der Waals surface area (Å²) >= 11 is 0. The highest BCUT2D eigenvalue weighted by atomic mass is 32.2. The zero-order valence-electron chi connectivity index (χ0n) is 19.3. The third kappa shape index (κ3) is 4.22. The van der Waals surface area contributed by atoms with Gasteiger partial charge in [0, 0.05) is 50.2 Å². The van der Waals surface area contributed by atoms with E-state index in [9.17, 15) is 8.42 Å². The summed E-state index contributed by atoms with van der Waals surface area (Å²) in [4.78, 5) is 9.65. The van der Waals surface area contributed by atoms with Gasteiger partial charge >= 0.3 is 0 Å². The van der Waals surface area contributed by atoms with Gasteiger partial charge in [0.1, 0.15) is 0 Å². The molecule has 0 radical (unpaired) electrons. The van der Waals surface area contributed by atoms with Crippen molar-refractivity contribution in [1.82, 2.24) is 19.4 Å². The number of aliphatic imine (C=N–C) groups is 1. The molecule has 1 aromatic rings. The normalized spacial score (nSPS) is 22.6. The van der Waals surface area contributed by atoms with Crippen LogP contribution in [0.4, 0.5) is 0 Å².